The zero-order chi connectivity index (χ0) is 24.5. The summed E-state index contributed by atoms with van der Waals surface area (Å²) in [5.41, 5.74) is 1.07. The number of rotatable bonds is 6. The van der Waals surface area contributed by atoms with E-state index in [2.05, 4.69) is 17.2 Å². The van der Waals surface area contributed by atoms with Crippen LogP contribution >= 0.6 is 0 Å². The molecule has 2 atom stereocenters. The summed E-state index contributed by atoms with van der Waals surface area (Å²) in [5, 5.41) is 6.46. The van der Waals surface area contributed by atoms with Gasteiger partial charge in [0.25, 0.3) is 5.91 Å². The first kappa shape index (κ1) is 23.7. The third kappa shape index (κ3) is 4.76. The average Bonchev–Trinajstić information content (AvgIpc) is 3.26. The minimum Gasteiger partial charge on any atom is -0.451 e. The molecule has 2 N–H and O–H groups in total. The number of nitrogens with zero attached hydrogens (tertiary/aromatic N) is 1. The van der Waals surface area contributed by atoms with Crippen molar-refractivity contribution in [3.8, 4) is 0 Å². The van der Waals surface area contributed by atoms with E-state index in [0.717, 1.165) is 5.39 Å². The molecule has 0 radical (unpaired) electrons. The van der Waals surface area contributed by atoms with Gasteiger partial charge in [0, 0.05) is 30.2 Å². The predicted octanol–water partition coefficient (Wildman–Crippen LogP) is 3.63. The van der Waals surface area contributed by atoms with Gasteiger partial charge in [0.05, 0.1) is 4.90 Å². The molecule has 9 heteroatoms. The highest BCUT2D eigenvalue weighted by molar-refractivity contribution is 7.89. The molecule has 1 aliphatic heterocycles. The summed E-state index contributed by atoms with van der Waals surface area (Å²) in [6.45, 7) is 7.89. The first-order chi connectivity index (χ1) is 16.2. The number of carbonyl (C=O) groups excluding carboxylic acids is 2. The van der Waals surface area contributed by atoms with Crippen molar-refractivity contribution >= 4 is 38.5 Å². The Bertz CT molecular complexity index is 1290. The van der Waals surface area contributed by atoms with Crippen LogP contribution in [-0.4, -0.2) is 43.7 Å². The van der Waals surface area contributed by atoms with Gasteiger partial charge in [-0.15, -0.1) is 0 Å². The van der Waals surface area contributed by atoms with Crippen molar-refractivity contribution in [2.75, 3.05) is 18.4 Å². The smallest absolute Gasteiger partial charge is 0.291 e. The van der Waals surface area contributed by atoms with Crippen molar-refractivity contribution < 1.29 is 22.4 Å². The second-order valence-corrected chi connectivity index (χ2v) is 10.6. The molecule has 1 fully saturated rings. The fourth-order valence-corrected chi connectivity index (χ4v) is 6.00. The molecule has 2 heterocycles. The van der Waals surface area contributed by atoms with E-state index in [1.165, 1.54) is 22.5 Å². The number of para-hydroxylation sites is 1. The van der Waals surface area contributed by atoms with Crippen molar-refractivity contribution in [3.63, 3.8) is 0 Å². The second-order valence-electron chi connectivity index (χ2n) is 8.64. The molecule has 4 rings (SSSR count). The first-order valence-corrected chi connectivity index (χ1v) is 12.5. The number of piperidine rings is 1. The zero-order valence-corrected chi connectivity index (χ0v) is 19.8. The Balaban J connectivity index is 1.45. The Hall–Kier alpha value is -3.43. The van der Waals surface area contributed by atoms with Crippen LogP contribution in [0.4, 0.5) is 5.69 Å². The van der Waals surface area contributed by atoms with Crippen LogP contribution in [0.25, 0.3) is 11.0 Å². The summed E-state index contributed by atoms with van der Waals surface area (Å²) in [6.07, 6.45) is 1.22. The number of hydrogen-bond acceptors (Lipinski definition) is 5. The lowest BCUT2D eigenvalue weighted by molar-refractivity contribution is -0.118. The van der Waals surface area contributed by atoms with Gasteiger partial charge in [-0.1, -0.05) is 38.6 Å². The Kier molecular flexibility index (Phi) is 6.58. The highest BCUT2D eigenvalue weighted by Crippen LogP contribution is 2.28. The van der Waals surface area contributed by atoms with Crippen LogP contribution < -0.4 is 10.6 Å². The van der Waals surface area contributed by atoms with E-state index in [9.17, 15) is 18.0 Å². The molecular formula is C25H27N3O5S. The van der Waals surface area contributed by atoms with E-state index in [1.54, 1.807) is 24.3 Å². The number of nitrogens with one attached hydrogen (secondary N) is 2. The van der Waals surface area contributed by atoms with Crippen LogP contribution in [0, 0.1) is 11.8 Å². The molecular weight excluding hydrogens is 454 g/mol. The van der Waals surface area contributed by atoms with E-state index >= 15 is 0 Å². The van der Waals surface area contributed by atoms with Gasteiger partial charge in [0.1, 0.15) is 5.58 Å². The third-order valence-electron chi connectivity index (χ3n) is 6.10. The van der Waals surface area contributed by atoms with Crippen LogP contribution in [0.2, 0.25) is 0 Å². The van der Waals surface area contributed by atoms with Gasteiger partial charge in [0.15, 0.2) is 5.76 Å². The number of amides is 2. The quantitative estimate of drug-likeness (QED) is 0.523. The molecule has 1 aromatic heterocycles. The van der Waals surface area contributed by atoms with Gasteiger partial charge < -0.3 is 15.1 Å². The molecule has 3 aromatic rings. The van der Waals surface area contributed by atoms with Gasteiger partial charge in [-0.2, -0.15) is 4.31 Å². The largest absolute Gasteiger partial charge is 0.451 e. The van der Waals surface area contributed by atoms with Gasteiger partial charge >= 0.3 is 0 Å². The summed E-state index contributed by atoms with van der Waals surface area (Å²) in [7, 11) is -3.73. The second kappa shape index (κ2) is 9.44. The molecule has 1 aliphatic rings. The topological polar surface area (TPSA) is 109 Å². The standard InChI is InChI=1S/C25H27N3O5S/c1-4-23(29)27-24-16(2)14-28(15-17(24)3)34(31,32)20-11-9-19(10-12-20)26-25(30)22-13-18-7-5-6-8-21(18)33-22/h4-13,16-17,24H,1,14-15H2,2-3H3,(H,26,30)(H,27,29). The molecule has 8 nitrogen and oxygen atoms in total. The maximum Gasteiger partial charge on any atom is 0.291 e. The Labute approximate surface area is 198 Å². The Morgan fingerprint density at radius 3 is 2.32 bits per heavy atom. The zero-order valence-electron chi connectivity index (χ0n) is 19.0. The van der Waals surface area contributed by atoms with Gasteiger partial charge in [-0.3, -0.25) is 9.59 Å². The van der Waals surface area contributed by atoms with E-state index in [1.807, 2.05) is 32.0 Å². The number of furan rings is 1. The molecule has 1 saturated heterocycles. The fraction of sp³-hybridized carbons (Fsp3) is 0.280. The molecule has 2 unspecified atom stereocenters. The third-order valence-corrected chi connectivity index (χ3v) is 7.95. The Morgan fingerprint density at radius 1 is 1.06 bits per heavy atom. The first-order valence-electron chi connectivity index (χ1n) is 11.0. The highest BCUT2D eigenvalue weighted by atomic mass is 32.2. The van der Waals surface area contributed by atoms with Crippen molar-refractivity contribution in [3.05, 3.63) is 73.0 Å². The number of fused-ring (bicyclic) bond motifs is 1. The summed E-state index contributed by atoms with van der Waals surface area (Å²) < 4.78 is 33.5. The SMILES string of the molecule is C=CC(=O)NC1C(C)CN(S(=O)(=O)c2ccc(NC(=O)c3cc4ccccc4o3)cc2)CC1C. The molecule has 0 bridgehead atoms. The molecule has 0 aliphatic carbocycles. The Morgan fingerprint density at radius 2 is 1.71 bits per heavy atom. The number of sulfonamides is 1. The molecule has 34 heavy (non-hydrogen) atoms. The minimum absolute atomic E-state index is 0.0650. The van der Waals surface area contributed by atoms with Gasteiger partial charge in [0.2, 0.25) is 15.9 Å². The van der Waals surface area contributed by atoms with Gasteiger partial charge in [-0.25, -0.2) is 8.42 Å². The maximum atomic E-state index is 13.2. The monoisotopic (exact) mass is 481 g/mol. The van der Waals surface area contributed by atoms with Crippen LogP contribution in [0.1, 0.15) is 24.4 Å². The van der Waals surface area contributed by atoms with Crippen LogP contribution in [0.5, 0.6) is 0 Å². The maximum absolute atomic E-state index is 13.2. The van der Waals surface area contributed by atoms with E-state index in [-0.39, 0.29) is 34.4 Å². The van der Waals surface area contributed by atoms with Crippen LogP contribution in [0.3, 0.4) is 0 Å². The number of benzene rings is 2. The van der Waals surface area contributed by atoms with Crippen LogP contribution in [0.15, 0.2) is 76.6 Å². The van der Waals surface area contributed by atoms with Crippen molar-refractivity contribution in [2.24, 2.45) is 11.8 Å². The predicted molar refractivity (Wildman–Crippen MR) is 130 cm³/mol. The fourth-order valence-electron chi connectivity index (χ4n) is 4.35. The average molecular weight is 482 g/mol. The van der Waals surface area contributed by atoms with Crippen molar-refractivity contribution in [1.29, 1.82) is 0 Å². The summed E-state index contributed by atoms with van der Waals surface area (Å²) in [6, 6.07) is 14.9. The number of carbonyl (C=O) groups is 2. The lowest BCUT2D eigenvalue weighted by atomic mass is 9.87. The van der Waals surface area contributed by atoms with E-state index in [0.29, 0.717) is 24.4 Å². The summed E-state index contributed by atoms with van der Waals surface area (Å²) >= 11 is 0. The molecule has 2 aromatic carbocycles. The number of hydrogen-bond donors (Lipinski definition) is 2. The highest BCUT2D eigenvalue weighted by Gasteiger charge is 2.38. The summed E-state index contributed by atoms with van der Waals surface area (Å²) in [4.78, 5) is 24.4. The summed E-state index contributed by atoms with van der Waals surface area (Å²) in [5.74, 6) is -0.639. The molecule has 0 spiro atoms. The van der Waals surface area contributed by atoms with Gasteiger partial charge in [-0.05, 0) is 54.3 Å². The molecule has 0 saturated carbocycles. The minimum atomic E-state index is -3.73. The van der Waals surface area contributed by atoms with E-state index < -0.39 is 15.9 Å². The number of anilines is 1. The molecule has 2 amide bonds. The van der Waals surface area contributed by atoms with Crippen molar-refractivity contribution in [1.82, 2.24) is 9.62 Å². The lowest BCUT2D eigenvalue weighted by Crippen LogP contribution is -2.55. The van der Waals surface area contributed by atoms with Crippen molar-refractivity contribution in [2.45, 2.75) is 24.8 Å². The lowest BCUT2D eigenvalue weighted by Gasteiger charge is -2.40. The molecule has 178 valence electrons. The van der Waals surface area contributed by atoms with E-state index in [4.69, 9.17) is 4.42 Å². The normalized spacial score (nSPS) is 21.2. The van der Waals surface area contributed by atoms with Crippen LogP contribution in [-0.2, 0) is 14.8 Å².